The van der Waals surface area contributed by atoms with Crippen molar-refractivity contribution in [1.82, 2.24) is 19.4 Å². The zero-order chi connectivity index (χ0) is 21.9. The fraction of sp³-hybridized carbons (Fsp3) is 0.423. The van der Waals surface area contributed by atoms with Crippen LogP contribution in [0.2, 0.25) is 0 Å². The molecule has 0 N–H and O–H groups in total. The molecule has 4 heterocycles. The van der Waals surface area contributed by atoms with E-state index in [9.17, 15) is 0 Å². The lowest BCUT2D eigenvalue weighted by molar-refractivity contribution is -0.0704. The lowest BCUT2D eigenvalue weighted by atomic mass is 10.1. The Bertz CT molecular complexity index is 1030. The van der Waals surface area contributed by atoms with Crippen molar-refractivity contribution in [3.8, 4) is 11.6 Å². The van der Waals surface area contributed by atoms with Gasteiger partial charge in [0.15, 0.2) is 0 Å². The van der Waals surface area contributed by atoms with E-state index >= 15 is 0 Å². The zero-order valence-corrected chi connectivity index (χ0v) is 19.0. The molecule has 0 radical (unpaired) electrons. The van der Waals surface area contributed by atoms with Crippen LogP contribution < -0.4 is 4.74 Å². The number of fused-ring (bicyclic) bond motifs is 1. The van der Waals surface area contributed by atoms with Crippen LogP contribution in [0, 0.1) is 0 Å². The van der Waals surface area contributed by atoms with Crippen LogP contribution in [0.15, 0.2) is 60.9 Å². The molecule has 0 spiro atoms. The molecule has 6 nitrogen and oxygen atoms in total. The third-order valence-corrected chi connectivity index (χ3v) is 6.20. The van der Waals surface area contributed by atoms with Crippen LogP contribution in [-0.2, 0) is 24.4 Å². The van der Waals surface area contributed by atoms with Crippen LogP contribution in [0.4, 0.5) is 0 Å². The Morgan fingerprint density at radius 1 is 0.969 bits per heavy atom. The third-order valence-electron chi connectivity index (χ3n) is 6.20. The quantitative estimate of drug-likeness (QED) is 0.612. The van der Waals surface area contributed by atoms with Crippen LogP contribution >= 0.6 is 0 Å². The molecule has 32 heavy (non-hydrogen) atoms. The molecule has 0 bridgehead atoms. The predicted octanol–water partition coefficient (Wildman–Crippen LogP) is 3.88. The number of ether oxygens (including phenoxy) is 2. The molecule has 3 aromatic rings. The summed E-state index contributed by atoms with van der Waals surface area (Å²) in [7, 11) is 0. The predicted molar refractivity (Wildman–Crippen MR) is 125 cm³/mol. The second-order valence-electron chi connectivity index (χ2n) is 9.01. The van der Waals surface area contributed by atoms with Crippen LogP contribution in [0.3, 0.4) is 0 Å². The highest BCUT2D eigenvalue weighted by atomic mass is 16.5. The Kier molecular flexibility index (Phi) is 6.26. The highest BCUT2D eigenvalue weighted by Crippen LogP contribution is 2.27. The Balaban J connectivity index is 1.30. The summed E-state index contributed by atoms with van der Waals surface area (Å²) >= 11 is 0. The minimum atomic E-state index is 0.286. The summed E-state index contributed by atoms with van der Waals surface area (Å²) in [5.74, 6) is 1.97. The fourth-order valence-electron chi connectivity index (χ4n) is 4.90. The van der Waals surface area contributed by atoms with Gasteiger partial charge in [-0.05, 0) is 55.8 Å². The number of rotatable bonds is 5. The second-order valence-corrected chi connectivity index (χ2v) is 9.01. The average Bonchev–Trinajstić information content (AvgIpc) is 3.13. The van der Waals surface area contributed by atoms with E-state index in [4.69, 9.17) is 9.47 Å². The summed E-state index contributed by atoms with van der Waals surface area (Å²) < 4.78 is 14.2. The lowest BCUT2D eigenvalue weighted by Crippen LogP contribution is -2.44. The van der Waals surface area contributed by atoms with Crippen LogP contribution in [0.5, 0.6) is 5.75 Å². The summed E-state index contributed by atoms with van der Waals surface area (Å²) in [5.41, 5.74) is 3.84. The minimum absolute atomic E-state index is 0.286. The molecule has 168 valence electrons. The Morgan fingerprint density at radius 3 is 2.66 bits per heavy atom. The van der Waals surface area contributed by atoms with Gasteiger partial charge in [0.25, 0.3) is 0 Å². The molecule has 5 rings (SSSR count). The standard InChI is InChI=1S/C26H32N4O2/c1-20-15-29(16-21(2)32-20)17-22-8-9-25-23(14-22)18-28(12-13-31-25)19-24-6-5-11-30(24)26-7-3-4-10-27-26/h3-11,14,20-21H,12-13,15-19H2,1-2H3/t20-,21+. The third kappa shape index (κ3) is 4.88. The number of benzene rings is 1. The first-order valence-electron chi connectivity index (χ1n) is 11.6. The van der Waals surface area contributed by atoms with E-state index in [1.54, 1.807) is 0 Å². The van der Waals surface area contributed by atoms with Crippen molar-refractivity contribution in [3.63, 3.8) is 0 Å². The molecular formula is C26H32N4O2. The number of hydrogen-bond donors (Lipinski definition) is 0. The van der Waals surface area contributed by atoms with E-state index in [-0.39, 0.29) is 12.2 Å². The normalized spacial score (nSPS) is 22.2. The first-order chi connectivity index (χ1) is 15.6. The number of nitrogens with zero attached hydrogens (tertiary/aromatic N) is 4. The monoisotopic (exact) mass is 432 g/mol. The maximum Gasteiger partial charge on any atom is 0.136 e. The van der Waals surface area contributed by atoms with Crippen molar-refractivity contribution in [2.75, 3.05) is 26.2 Å². The highest BCUT2D eigenvalue weighted by molar-refractivity contribution is 5.38. The van der Waals surface area contributed by atoms with E-state index in [1.807, 2.05) is 24.4 Å². The molecular weight excluding hydrogens is 400 g/mol. The van der Waals surface area contributed by atoms with E-state index in [0.29, 0.717) is 6.61 Å². The SMILES string of the molecule is C[C@@H]1CN(Cc2ccc3c(c2)CN(Cc2cccn2-c2ccccn2)CCO3)C[C@H](C)O1. The summed E-state index contributed by atoms with van der Waals surface area (Å²) in [6, 6.07) is 17.0. The van der Waals surface area contributed by atoms with Gasteiger partial charge in [-0.15, -0.1) is 0 Å². The maximum atomic E-state index is 6.10. The molecule has 2 aliphatic heterocycles. The van der Waals surface area contributed by atoms with Gasteiger partial charge < -0.3 is 14.0 Å². The number of morpholine rings is 1. The van der Waals surface area contributed by atoms with E-state index < -0.39 is 0 Å². The van der Waals surface area contributed by atoms with Crippen LogP contribution in [0.1, 0.15) is 30.7 Å². The largest absolute Gasteiger partial charge is 0.492 e. The van der Waals surface area contributed by atoms with Gasteiger partial charge in [-0.1, -0.05) is 12.1 Å². The fourth-order valence-corrected chi connectivity index (χ4v) is 4.90. The smallest absolute Gasteiger partial charge is 0.136 e. The molecule has 0 amide bonds. The lowest BCUT2D eigenvalue weighted by Gasteiger charge is -2.35. The first-order valence-corrected chi connectivity index (χ1v) is 11.6. The molecule has 2 aromatic heterocycles. The minimum Gasteiger partial charge on any atom is -0.492 e. The van der Waals surface area contributed by atoms with Crippen molar-refractivity contribution in [1.29, 1.82) is 0 Å². The number of hydrogen-bond acceptors (Lipinski definition) is 5. The summed E-state index contributed by atoms with van der Waals surface area (Å²) in [6.07, 6.45) is 4.50. The van der Waals surface area contributed by atoms with Crippen molar-refractivity contribution < 1.29 is 9.47 Å². The Morgan fingerprint density at radius 2 is 1.84 bits per heavy atom. The maximum absolute atomic E-state index is 6.10. The molecule has 1 saturated heterocycles. The summed E-state index contributed by atoms with van der Waals surface area (Å²) in [4.78, 5) is 9.47. The number of pyridine rings is 1. The molecule has 0 saturated carbocycles. The molecule has 1 fully saturated rings. The summed E-state index contributed by atoms with van der Waals surface area (Å²) in [6.45, 7) is 10.6. The topological polar surface area (TPSA) is 42.8 Å². The van der Waals surface area contributed by atoms with Gasteiger partial charge in [-0.25, -0.2) is 4.98 Å². The van der Waals surface area contributed by atoms with Gasteiger partial charge in [0, 0.05) is 62.9 Å². The van der Waals surface area contributed by atoms with Crippen molar-refractivity contribution >= 4 is 0 Å². The first kappa shape index (κ1) is 21.2. The van der Waals surface area contributed by atoms with E-state index in [2.05, 4.69) is 69.7 Å². The van der Waals surface area contributed by atoms with Gasteiger partial charge in [0.2, 0.25) is 0 Å². The van der Waals surface area contributed by atoms with E-state index in [0.717, 1.165) is 50.8 Å². The molecule has 2 aliphatic rings. The van der Waals surface area contributed by atoms with Gasteiger partial charge in [-0.2, -0.15) is 0 Å². The van der Waals surface area contributed by atoms with Crippen LogP contribution in [0.25, 0.3) is 5.82 Å². The van der Waals surface area contributed by atoms with Crippen molar-refractivity contribution in [2.24, 2.45) is 0 Å². The van der Waals surface area contributed by atoms with Gasteiger partial charge >= 0.3 is 0 Å². The Labute approximate surface area is 190 Å². The molecule has 1 aromatic carbocycles. The average molecular weight is 433 g/mol. The van der Waals surface area contributed by atoms with Gasteiger partial charge in [0.05, 0.1) is 12.2 Å². The van der Waals surface area contributed by atoms with E-state index in [1.165, 1.54) is 16.8 Å². The molecule has 6 heteroatoms. The Hall–Kier alpha value is -2.67. The summed E-state index contributed by atoms with van der Waals surface area (Å²) in [5, 5.41) is 0. The van der Waals surface area contributed by atoms with Gasteiger partial charge in [0.1, 0.15) is 18.2 Å². The van der Waals surface area contributed by atoms with Crippen molar-refractivity contribution in [3.05, 3.63) is 77.7 Å². The zero-order valence-electron chi connectivity index (χ0n) is 19.0. The number of aromatic nitrogens is 2. The molecule has 0 unspecified atom stereocenters. The van der Waals surface area contributed by atoms with Gasteiger partial charge in [-0.3, -0.25) is 9.80 Å². The molecule has 0 aliphatic carbocycles. The second kappa shape index (κ2) is 9.45. The molecule has 2 atom stereocenters. The van der Waals surface area contributed by atoms with Crippen molar-refractivity contribution in [2.45, 2.75) is 45.7 Å². The highest BCUT2D eigenvalue weighted by Gasteiger charge is 2.23. The van der Waals surface area contributed by atoms with Crippen LogP contribution in [-0.4, -0.2) is 57.8 Å².